The zero-order valence-corrected chi connectivity index (χ0v) is 8.70. The molecule has 4 nitrogen and oxygen atoms in total. The number of hydrogen-bond acceptors (Lipinski definition) is 4. The van der Waals surface area contributed by atoms with E-state index in [0.717, 1.165) is 12.0 Å². The van der Waals surface area contributed by atoms with Crippen molar-refractivity contribution in [2.24, 2.45) is 0 Å². The summed E-state index contributed by atoms with van der Waals surface area (Å²) < 4.78 is 15.3. The molecule has 0 amide bonds. The van der Waals surface area contributed by atoms with Crippen molar-refractivity contribution in [3.63, 3.8) is 0 Å². The van der Waals surface area contributed by atoms with Crippen molar-refractivity contribution in [1.82, 2.24) is 0 Å². The van der Waals surface area contributed by atoms with Crippen LogP contribution in [-0.2, 0) is 11.2 Å². The Morgan fingerprint density at radius 2 is 2.20 bits per heavy atom. The number of hydrogen-bond donors (Lipinski definition) is 0. The number of fused-ring (bicyclic) bond motifs is 1. The summed E-state index contributed by atoms with van der Waals surface area (Å²) in [6.45, 7) is 0.583. The van der Waals surface area contributed by atoms with Crippen LogP contribution in [0.2, 0.25) is 0 Å². The van der Waals surface area contributed by atoms with E-state index < -0.39 is 0 Å². The first-order valence-electron chi connectivity index (χ1n) is 4.69. The summed E-state index contributed by atoms with van der Waals surface area (Å²) in [5.74, 6) is 0.995. The number of carbonyl (C=O) groups is 1. The molecular weight excluding hydrogens is 196 g/mol. The van der Waals surface area contributed by atoms with Crippen molar-refractivity contribution in [1.29, 1.82) is 0 Å². The molecule has 0 saturated heterocycles. The molecule has 80 valence electrons. The maximum atomic E-state index is 11.5. The highest BCUT2D eigenvalue weighted by Crippen LogP contribution is 2.37. The normalized spacial score (nSPS) is 12.9. The smallest absolute Gasteiger partial charge is 0.338 e. The fourth-order valence-electron chi connectivity index (χ4n) is 1.73. The van der Waals surface area contributed by atoms with Gasteiger partial charge in [0, 0.05) is 12.0 Å². The second-order valence-corrected chi connectivity index (χ2v) is 3.21. The van der Waals surface area contributed by atoms with Crippen molar-refractivity contribution in [2.45, 2.75) is 6.42 Å². The van der Waals surface area contributed by atoms with Gasteiger partial charge in [-0.3, -0.25) is 0 Å². The Hall–Kier alpha value is -1.71. The van der Waals surface area contributed by atoms with E-state index in [9.17, 15) is 4.79 Å². The fourth-order valence-corrected chi connectivity index (χ4v) is 1.73. The van der Waals surface area contributed by atoms with Crippen LogP contribution in [0.1, 0.15) is 15.9 Å². The number of carbonyl (C=O) groups excluding carboxylic acids is 1. The summed E-state index contributed by atoms with van der Waals surface area (Å²) >= 11 is 0. The van der Waals surface area contributed by atoms with E-state index in [4.69, 9.17) is 14.2 Å². The maximum Gasteiger partial charge on any atom is 0.338 e. The number of esters is 1. The average Bonchev–Trinajstić information content (AvgIpc) is 2.75. The lowest BCUT2D eigenvalue weighted by Gasteiger charge is -2.09. The molecule has 0 atom stereocenters. The first kappa shape index (κ1) is 9.83. The molecule has 0 spiro atoms. The van der Waals surface area contributed by atoms with Crippen molar-refractivity contribution >= 4 is 5.97 Å². The Morgan fingerprint density at radius 1 is 1.40 bits per heavy atom. The van der Waals surface area contributed by atoms with Gasteiger partial charge in [-0.05, 0) is 12.1 Å². The highest BCUT2D eigenvalue weighted by Gasteiger charge is 2.24. The highest BCUT2D eigenvalue weighted by atomic mass is 16.5. The Balaban J connectivity index is 2.51. The van der Waals surface area contributed by atoms with Crippen LogP contribution in [-0.4, -0.2) is 26.8 Å². The van der Waals surface area contributed by atoms with Gasteiger partial charge < -0.3 is 14.2 Å². The molecule has 0 aliphatic carbocycles. The molecule has 0 aromatic heterocycles. The lowest BCUT2D eigenvalue weighted by atomic mass is 10.0. The molecular formula is C11H12O4. The highest BCUT2D eigenvalue weighted by molar-refractivity contribution is 5.92. The van der Waals surface area contributed by atoms with Crippen LogP contribution < -0.4 is 9.47 Å². The summed E-state index contributed by atoms with van der Waals surface area (Å²) in [4.78, 5) is 11.5. The van der Waals surface area contributed by atoms with Gasteiger partial charge in [0.1, 0.15) is 0 Å². The van der Waals surface area contributed by atoms with Gasteiger partial charge in [-0.1, -0.05) is 0 Å². The van der Waals surface area contributed by atoms with Gasteiger partial charge in [0.05, 0.1) is 26.4 Å². The van der Waals surface area contributed by atoms with Gasteiger partial charge >= 0.3 is 5.97 Å². The Morgan fingerprint density at radius 3 is 2.87 bits per heavy atom. The molecule has 2 rings (SSSR count). The van der Waals surface area contributed by atoms with Crippen LogP contribution in [0.25, 0.3) is 0 Å². The molecule has 0 saturated carbocycles. The molecule has 0 radical (unpaired) electrons. The van der Waals surface area contributed by atoms with E-state index >= 15 is 0 Å². The van der Waals surface area contributed by atoms with Crippen LogP contribution in [0.4, 0.5) is 0 Å². The van der Waals surface area contributed by atoms with Crippen LogP contribution in [0, 0.1) is 0 Å². The minimum atomic E-state index is -0.334. The first-order chi connectivity index (χ1) is 7.27. The summed E-state index contributed by atoms with van der Waals surface area (Å²) in [5, 5.41) is 0. The number of methoxy groups -OCH3 is 2. The van der Waals surface area contributed by atoms with E-state index in [1.807, 2.05) is 0 Å². The molecule has 4 heteroatoms. The Labute approximate surface area is 87.8 Å². The molecule has 1 aliphatic heterocycles. The SMILES string of the molecule is COC(=O)c1ccc(OC)c2c1CCO2. The van der Waals surface area contributed by atoms with Gasteiger partial charge in [-0.15, -0.1) is 0 Å². The van der Waals surface area contributed by atoms with Crippen LogP contribution >= 0.6 is 0 Å². The standard InChI is InChI=1S/C11H12O4/c1-13-9-4-3-8(11(12)14-2)7-5-6-15-10(7)9/h3-4H,5-6H2,1-2H3. The number of ether oxygens (including phenoxy) is 3. The molecule has 15 heavy (non-hydrogen) atoms. The molecule has 1 aromatic rings. The van der Waals surface area contributed by atoms with Crippen LogP contribution in [0.3, 0.4) is 0 Å². The van der Waals surface area contributed by atoms with Crippen molar-refractivity contribution in [3.05, 3.63) is 23.3 Å². The van der Waals surface area contributed by atoms with Crippen molar-refractivity contribution < 1.29 is 19.0 Å². The third-order valence-corrected chi connectivity index (χ3v) is 2.45. The molecule has 0 unspecified atom stereocenters. The van der Waals surface area contributed by atoms with E-state index in [1.54, 1.807) is 19.2 Å². The summed E-state index contributed by atoms with van der Waals surface area (Å²) in [6, 6.07) is 3.43. The van der Waals surface area contributed by atoms with Gasteiger partial charge in [0.15, 0.2) is 11.5 Å². The maximum absolute atomic E-state index is 11.5. The summed E-state index contributed by atoms with van der Waals surface area (Å²) in [7, 11) is 2.95. The zero-order valence-electron chi connectivity index (χ0n) is 8.70. The lowest BCUT2D eigenvalue weighted by molar-refractivity contribution is 0.0599. The van der Waals surface area contributed by atoms with Crippen LogP contribution in [0.15, 0.2) is 12.1 Å². The monoisotopic (exact) mass is 208 g/mol. The summed E-state index contributed by atoms with van der Waals surface area (Å²) in [6.07, 6.45) is 0.719. The fraction of sp³-hybridized carbons (Fsp3) is 0.364. The van der Waals surface area contributed by atoms with E-state index in [0.29, 0.717) is 23.7 Å². The molecule has 1 heterocycles. The number of rotatable bonds is 2. The molecule has 0 bridgehead atoms. The van der Waals surface area contributed by atoms with Gasteiger partial charge in [-0.2, -0.15) is 0 Å². The lowest BCUT2D eigenvalue weighted by Crippen LogP contribution is -2.04. The Kier molecular flexibility index (Phi) is 2.49. The van der Waals surface area contributed by atoms with Gasteiger partial charge in [-0.25, -0.2) is 4.79 Å². The predicted molar refractivity (Wildman–Crippen MR) is 53.5 cm³/mol. The third kappa shape index (κ3) is 1.52. The zero-order chi connectivity index (χ0) is 10.8. The quantitative estimate of drug-likeness (QED) is 0.689. The largest absolute Gasteiger partial charge is 0.493 e. The summed E-state index contributed by atoms with van der Waals surface area (Å²) in [5.41, 5.74) is 1.44. The molecule has 1 aliphatic rings. The minimum absolute atomic E-state index is 0.334. The molecule has 1 aromatic carbocycles. The molecule has 0 fully saturated rings. The van der Waals surface area contributed by atoms with E-state index in [1.165, 1.54) is 7.11 Å². The first-order valence-corrected chi connectivity index (χ1v) is 4.69. The van der Waals surface area contributed by atoms with Crippen molar-refractivity contribution in [3.8, 4) is 11.5 Å². The average molecular weight is 208 g/mol. The second kappa shape index (κ2) is 3.81. The van der Waals surface area contributed by atoms with E-state index in [2.05, 4.69) is 0 Å². The van der Waals surface area contributed by atoms with E-state index in [-0.39, 0.29) is 5.97 Å². The number of benzene rings is 1. The predicted octanol–water partition coefficient (Wildman–Crippen LogP) is 1.42. The van der Waals surface area contributed by atoms with Crippen LogP contribution in [0.5, 0.6) is 11.5 Å². The topological polar surface area (TPSA) is 44.8 Å². The second-order valence-electron chi connectivity index (χ2n) is 3.21. The third-order valence-electron chi connectivity index (χ3n) is 2.45. The Bertz CT molecular complexity index is 398. The van der Waals surface area contributed by atoms with Crippen molar-refractivity contribution in [2.75, 3.05) is 20.8 Å². The van der Waals surface area contributed by atoms with Gasteiger partial charge in [0.25, 0.3) is 0 Å². The minimum Gasteiger partial charge on any atom is -0.493 e. The molecule has 0 N–H and O–H groups in total. The van der Waals surface area contributed by atoms with Gasteiger partial charge in [0.2, 0.25) is 0 Å².